The summed E-state index contributed by atoms with van der Waals surface area (Å²) < 4.78 is 13.5. The van der Waals surface area contributed by atoms with Gasteiger partial charge in [-0.05, 0) is 18.9 Å². The number of carbonyl (C=O) groups is 1. The van der Waals surface area contributed by atoms with Crippen molar-refractivity contribution >= 4 is 5.91 Å². The van der Waals surface area contributed by atoms with Crippen LogP contribution in [0.5, 0.6) is 0 Å². The maximum absolute atomic E-state index is 13.5. The first-order valence-electron chi connectivity index (χ1n) is 6.09. The average molecular weight is 248 g/mol. The summed E-state index contributed by atoms with van der Waals surface area (Å²) in [4.78, 5) is 11.4. The minimum Gasteiger partial charge on any atom is -0.356 e. The number of rotatable bonds is 6. The van der Waals surface area contributed by atoms with Gasteiger partial charge in [0, 0.05) is 18.5 Å². The molecule has 0 bridgehead atoms. The Bertz CT molecular complexity index is 440. The van der Waals surface area contributed by atoms with Crippen LogP contribution in [0.25, 0.3) is 0 Å². The van der Waals surface area contributed by atoms with Gasteiger partial charge >= 0.3 is 0 Å². The van der Waals surface area contributed by atoms with E-state index in [1.807, 2.05) is 6.92 Å². The van der Waals surface area contributed by atoms with Crippen LogP contribution in [0.3, 0.4) is 0 Å². The van der Waals surface area contributed by atoms with Gasteiger partial charge < -0.3 is 5.32 Å². The predicted octanol–water partition coefficient (Wildman–Crippen LogP) is 2.74. The molecule has 4 heteroatoms. The quantitative estimate of drug-likeness (QED) is 0.841. The molecule has 1 atom stereocenters. The molecule has 0 heterocycles. The Kier molecular flexibility index (Phi) is 5.86. The Hall–Kier alpha value is -1.89. The molecule has 3 nitrogen and oxygen atoms in total. The molecule has 96 valence electrons. The molecule has 1 aromatic carbocycles. The highest BCUT2D eigenvalue weighted by molar-refractivity contribution is 5.75. The molecule has 18 heavy (non-hydrogen) atoms. The fourth-order valence-corrected chi connectivity index (χ4v) is 1.68. The van der Waals surface area contributed by atoms with Crippen molar-refractivity contribution in [1.82, 2.24) is 5.32 Å². The lowest BCUT2D eigenvalue weighted by Gasteiger charge is -2.10. The Morgan fingerprint density at radius 1 is 1.50 bits per heavy atom. The summed E-state index contributed by atoms with van der Waals surface area (Å²) in [5, 5.41) is 11.8. The van der Waals surface area contributed by atoms with E-state index in [9.17, 15) is 9.18 Å². The predicted molar refractivity (Wildman–Crippen MR) is 67.3 cm³/mol. The first-order chi connectivity index (χ1) is 8.69. The maximum Gasteiger partial charge on any atom is 0.220 e. The molecule has 0 aromatic heterocycles. The Morgan fingerprint density at radius 2 is 2.22 bits per heavy atom. The molecule has 0 saturated heterocycles. The molecular formula is C14H17FN2O. The number of nitrogens with zero attached hydrogens (tertiary/aromatic N) is 1. The second kappa shape index (κ2) is 7.44. The highest BCUT2D eigenvalue weighted by atomic mass is 19.1. The van der Waals surface area contributed by atoms with Crippen LogP contribution in [0, 0.1) is 17.1 Å². The fourth-order valence-electron chi connectivity index (χ4n) is 1.68. The molecule has 1 unspecified atom stereocenters. The van der Waals surface area contributed by atoms with E-state index in [0.29, 0.717) is 18.5 Å². The number of carbonyl (C=O) groups excluding carboxylic acids is 1. The van der Waals surface area contributed by atoms with Crippen molar-refractivity contribution in [3.8, 4) is 6.07 Å². The summed E-state index contributed by atoms with van der Waals surface area (Å²) in [6, 6.07) is 8.25. The number of benzene rings is 1. The normalized spacial score (nSPS) is 11.6. The molecule has 1 rings (SSSR count). The van der Waals surface area contributed by atoms with Crippen LogP contribution in [-0.4, -0.2) is 12.5 Å². The average Bonchev–Trinajstić information content (AvgIpc) is 2.39. The lowest BCUT2D eigenvalue weighted by molar-refractivity contribution is -0.121. The monoisotopic (exact) mass is 248 g/mol. The van der Waals surface area contributed by atoms with Crippen LogP contribution < -0.4 is 5.32 Å². The maximum atomic E-state index is 13.5. The third-order valence-corrected chi connectivity index (χ3v) is 2.67. The Morgan fingerprint density at radius 3 is 2.83 bits per heavy atom. The zero-order chi connectivity index (χ0) is 13.4. The van der Waals surface area contributed by atoms with Gasteiger partial charge in [0.25, 0.3) is 0 Å². The summed E-state index contributed by atoms with van der Waals surface area (Å²) in [5.41, 5.74) is 0.364. The van der Waals surface area contributed by atoms with Gasteiger partial charge in [0.15, 0.2) is 0 Å². The van der Waals surface area contributed by atoms with Crippen molar-refractivity contribution in [2.24, 2.45) is 0 Å². The van der Waals surface area contributed by atoms with Crippen molar-refractivity contribution in [1.29, 1.82) is 5.26 Å². The summed E-state index contributed by atoms with van der Waals surface area (Å²) >= 11 is 0. The zero-order valence-electron chi connectivity index (χ0n) is 10.4. The van der Waals surface area contributed by atoms with Gasteiger partial charge in [-0.15, -0.1) is 0 Å². The van der Waals surface area contributed by atoms with Crippen molar-refractivity contribution in [3.05, 3.63) is 35.6 Å². The summed E-state index contributed by atoms with van der Waals surface area (Å²) in [6.45, 7) is 2.60. The Balaban J connectivity index is 2.56. The van der Waals surface area contributed by atoms with Gasteiger partial charge in [-0.3, -0.25) is 4.79 Å². The van der Waals surface area contributed by atoms with Crippen molar-refractivity contribution < 1.29 is 9.18 Å². The lowest BCUT2D eigenvalue weighted by Crippen LogP contribution is -2.24. The molecule has 0 aliphatic heterocycles. The third-order valence-electron chi connectivity index (χ3n) is 2.67. The molecule has 1 amide bonds. The highest BCUT2D eigenvalue weighted by Crippen LogP contribution is 2.22. The van der Waals surface area contributed by atoms with Gasteiger partial charge in [-0.25, -0.2) is 4.39 Å². The topological polar surface area (TPSA) is 52.9 Å². The second-order valence-electron chi connectivity index (χ2n) is 4.09. The fraction of sp³-hybridized carbons (Fsp3) is 0.429. The smallest absolute Gasteiger partial charge is 0.220 e. The van der Waals surface area contributed by atoms with E-state index in [2.05, 4.69) is 11.4 Å². The molecule has 1 aromatic rings. The van der Waals surface area contributed by atoms with Crippen molar-refractivity contribution in [2.75, 3.05) is 6.54 Å². The van der Waals surface area contributed by atoms with Gasteiger partial charge in [-0.1, -0.05) is 25.1 Å². The van der Waals surface area contributed by atoms with E-state index in [-0.39, 0.29) is 12.3 Å². The van der Waals surface area contributed by atoms with Crippen LogP contribution >= 0.6 is 0 Å². The van der Waals surface area contributed by atoms with E-state index < -0.39 is 11.7 Å². The van der Waals surface area contributed by atoms with E-state index in [0.717, 1.165) is 6.42 Å². The summed E-state index contributed by atoms with van der Waals surface area (Å²) in [5.74, 6) is -1.05. The number of nitrogens with one attached hydrogen (secondary N) is 1. The van der Waals surface area contributed by atoms with Gasteiger partial charge in [0.1, 0.15) is 5.82 Å². The van der Waals surface area contributed by atoms with E-state index >= 15 is 0 Å². The molecule has 1 N–H and O–H groups in total. The zero-order valence-corrected chi connectivity index (χ0v) is 10.4. The van der Waals surface area contributed by atoms with Crippen molar-refractivity contribution in [2.45, 2.75) is 32.1 Å². The Labute approximate surface area is 107 Å². The van der Waals surface area contributed by atoms with Crippen LogP contribution in [0.1, 0.15) is 37.7 Å². The molecule has 0 saturated carbocycles. The second-order valence-corrected chi connectivity index (χ2v) is 4.09. The molecule has 0 fully saturated rings. The van der Waals surface area contributed by atoms with Crippen molar-refractivity contribution in [3.63, 3.8) is 0 Å². The number of nitriles is 1. The van der Waals surface area contributed by atoms with E-state index in [1.54, 1.807) is 18.2 Å². The SMILES string of the molecule is CCCNC(=O)CCC(C#N)c1ccccc1F. The largest absolute Gasteiger partial charge is 0.356 e. The van der Waals surface area contributed by atoms with E-state index in [4.69, 9.17) is 5.26 Å². The van der Waals surface area contributed by atoms with Crippen LogP contribution in [0.4, 0.5) is 4.39 Å². The first kappa shape index (κ1) is 14.2. The number of hydrogen-bond donors (Lipinski definition) is 1. The molecule has 0 spiro atoms. The van der Waals surface area contributed by atoms with E-state index in [1.165, 1.54) is 6.07 Å². The number of halogens is 1. The lowest BCUT2D eigenvalue weighted by atomic mass is 9.95. The summed E-state index contributed by atoms with van der Waals surface area (Å²) in [6.07, 6.45) is 1.46. The van der Waals surface area contributed by atoms with Crippen LogP contribution in [0.2, 0.25) is 0 Å². The molecule has 0 radical (unpaired) electrons. The first-order valence-corrected chi connectivity index (χ1v) is 6.09. The molecule has 0 aliphatic carbocycles. The van der Waals surface area contributed by atoms with Crippen LogP contribution in [-0.2, 0) is 4.79 Å². The molecule has 0 aliphatic rings. The minimum absolute atomic E-state index is 0.0894. The minimum atomic E-state index is -0.571. The van der Waals surface area contributed by atoms with Gasteiger partial charge in [-0.2, -0.15) is 5.26 Å². The van der Waals surface area contributed by atoms with Crippen LogP contribution in [0.15, 0.2) is 24.3 Å². The highest BCUT2D eigenvalue weighted by Gasteiger charge is 2.16. The molecular weight excluding hydrogens is 231 g/mol. The van der Waals surface area contributed by atoms with Gasteiger partial charge in [0.2, 0.25) is 5.91 Å². The summed E-state index contributed by atoms with van der Waals surface area (Å²) in [7, 11) is 0. The number of amides is 1. The van der Waals surface area contributed by atoms with Gasteiger partial charge in [0.05, 0.1) is 12.0 Å². The third kappa shape index (κ3) is 4.17. The standard InChI is InChI=1S/C14H17FN2O/c1-2-9-17-14(18)8-7-11(10-16)12-5-3-4-6-13(12)15/h3-6,11H,2,7-9H2,1H3,(H,17,18). The number of hydrogen-bond acceptors (Lipinski definition) is 2.